The molecule has 0 unspecified atom stereocenters. The molecule has 23 heavy (non-hydrogen) atoms. The minimum absolute atomic E-state index is 0.00955. The van der Waals surface area contributed by atoms with Gasteiger partial charge < -0.3 is 5.11 Å². The lowest BCUT2D eigenvalue weighted by Crippen LogP contribution is -2.13. The maximum Gasteiger partial charge on any atom is 0.339 e. The van der Waals surface area contributed by atoms with E-state index in [0.29, 0.717) is 11.5 Å². The smallest absolute Gasteiger partial charge is 0.339 e. The lowest BCUT2D eigenvalue weighted by atomic mass is 9.89. The molecule has 6 nitrogen and oxygen atoms in total. The summed E-state index contributed by atoms with van der Waals surface area (Å²) in [5, 5.41) is 16.3. The van der Waals surface area contributed by atoms with Gasteiger partial charge >= 0.3 is 5.97 Å². The third kappa shape index (κ3) is 3.83. The Labute approximate surface area is 135 Å². The van der Waals surface area contributed by atoms with Crippen molar-refractivity contribution in [1.82, 2.24) is 20.2 Å². The van der Waals surface area contributed by atoms with Gasteiger partial charge in [-0.3, -0.25) is 5.10 Å². The first kappa shape index (κ1) is 16.9. The van der Waals surface area contributed by atoms with Crippen LogP contribution in [-0.4, -0.2) is 31.2 Å². The molecule has 122 valence electrons. The van der Waals surface area contributed by atoms with Crippen molar-refractivity contribution >= 4 is 18.1 Å². The number of rotatable bonds is 4. The number of carbonyl (C=O) groups is 1. The van der Waals surface area contributed by atoms with Gasteiger partial charge in [-0.25, -0.2) is 14.8 Å². The van der Waals surface area contributed by atoms with Crippen LogP contribution in [0.2, 0.25) is 0 Å². The highest BCUT2D eigenvalue weighted by Gasteiger charge is 2.19. The SMILES string of the molecule is CC(C)c1nc(/C=C/c2cn[nH]c2C(C)(C)C)ncc1C(=O)O. The summed E-state index contributed by atoms with van der Waals surface area (Å²) in [6.45, 7) is 10.1. The van der Waals surface area contributed by atoms with Crippen molar-refractivity contribution in [3.05, 3.63) is 40.7 Å². The van der Waals surface area contributed by atoms with Gasteiger partial charge in [0.2, 0.25) is 0 Å². The summed E-state index contributed by atoms with van der Waals surface area (Å²) in [6, 6.07) is 0. The third-order valence-electron chi connectivity index (χ3n) is 3.44. The molecule has 0 aliphatic heterocycles. The molecule has 0 atom stereocenters. The molecule has 0 aliphatic rings. The summed E-state index contributed by atoms with van der Waals surface area (Å²) >= 11 is 0. The minimum atomic E-state index is -1.01. The maximum absolute atomic E-state index is 11.2. The van der Waals surface area contributed by atoms with Crippen molar-refractivity contribution in [2.24, 2.45) is 0 Å². The molecule has 0 aliphatic carbocycles. The van der Waals surface area contributed by atoms with E-state index in [1.54, 1.807) is 12.3 Å². The number of aromatic amines is 1. The minimum Gasteiger partial charge on any atom is -0.478 e. The van der Waals surface area contributed by atoms with Crippen molar-refractivity contribution in [2.45, 2.75) is 46.0 Å². The number of carboxylic acids is 1. The van der Waals surface area contributed by atoms with Crippen molar-refractivity contribution in [3.63, 3.8) is 0 Å². The highest BCUT2D eigenvalue weighted by Crippen LogP contribution is 2.24. The van der Waals surface area contributed by atoms with Crippen LogP contribution in [0.25, 0.3) is 12.2 Å². The molecular formula is C17H22N4O2. The molecule has 0 radical (unpaired) electrons. The van der Waals surface area contributed by atoms with E-state index >= 15 is 0 Å². The van der Waals surface area contributed by atoms with Gasteiger partial charge in [0.25, 0.3) is 0 Å². The van der Waals surface area contributed by atoms with Crippen LogP contribution in [0.15, 0.2) is 12.4 Å². The number of aromatic nitrogens is 4. The van der Waals surface area contributed by atoms with E-state index in [0.717, 1.165) is 11.3 Å². The van der Waals surface area contributed by atoms with Crippen LogP contribution in [-0.2, 0) is 5.41 Å². The Kier molecular flexibility index (Phi) is 4.63. The fraction of sp³-hybridized carbons (Fsp3) is 0.412. The summed E-state index contributed by atoms with van der Waals surface area (Å²) in [5.41, 5.74) is 2.63. The van der Waals surface area contributed by atoms with Gasteiger partial charge in [0.05, 0.1) is 17.5 Å². The molecule has 6 heteroatoms. The summed E-state index contributed by atoms with van der Waals surface area (Å²) < 4.78 is 0. The third-order valence-corrected chi connectivity index (χ3v) is 3.44. The predicted octanol–water partition coefficient (Wildman–Crippen LogP) is 3.49. The highest BCUT2D eigenvalue weighted by molar-refractivity contribution is 5.88. The number of hydrogen-bond donors (Lipinski definition) is 2. The lowest BCUT2D eigenvalue weighted by Gasteiger charge is -2.17. The highest BCUT2D eigenvalue weighted by atomic mass is 16.4. The van der Waals surface area contributed by atoms with E-state index < -0.39 is 5.97 Å². The predicted molar refractivity (Wildman–Crippen MR) is 89.3 cm³/mol. The van der Waals surface area contributed by atoms with Crippen molar-refractivity contribution in [3.8, 4) is 0 Å². The van der Waals surface area contributed by atoms with Crippen LogP contribution >= 0.6 is 0 Å². The number of nitrogens with one attached hydrogen (secondary N) is 1. The summed E-state index contributed by atoms with van der Waals surface area (Å²) in [5.74, 6) is -0.510. The molecule has 0 amide bonds. The summed E-state index contributed by atoms with van der Waals surface area (Å²) in [7, 11) is 0. The van der Waals surface area contributed by atoms with E-state index in [9.17, 15) is 9.90 Å². The molecule has 2 heterocycles. The zero-order valence-corrected chi connectivity index (χ0v) is 14.1. The monoisotopic (exact) mass is 314 g/mol. The van der Waals surface area contributed by atoms with Crippen LogP contribution in [0.3, 0.4) is 0 Å². The molecule has 2 aromatic rings. The topological polar surface area (TPSA) is 91.8 Å². The van der Waals surface area contributed by atoms with E-state index in [-0.39, 0.29) is 16.9 Å². The van der Waals surface area contributed by atoms with Gasteiger partial charge in [-0.1, -0.05) is 34.6 Å². The summed E-state index contributed by atoms with van der Waals surface area (Å²) in [4.78, 5) is 19.7. The molecule has 0 fully saturated rings. The quantitative estimate of drug-likeness (QED) is 0.901. The van der Waals surface area contributed by atoms with Gasteiger partial charge in [0, 0.05) is 22.9 Å². The molecule has 2 N–H and O–H groups in total. The molecular weight excluding hydrogens is 292 g/mol. The Balaban J connectivity index is 2.36. The van der Waals surface area contributed by atoms with Crippen LogP contribution in [0.5, 0.6) is 0 Å². The molecule has 0 spiro atoms. The fourth-order valence-electron chi connectivity index (χ4n) is 2.28. The van der Waals surface area contributed by atoms with Crippen molar-refractivity contribution in [1.29, 1.82) is 0 Å². The molecule has 0 saturated carbocycles. The van der Waals surface area contributed by atoms with Gasteiger partial charge in [-0.2, -0.15) is 5.10 Å². The van der Waals surface area contributed by atoms with Crippen molar-refractivity contribution < 1.29 is 9.90 Å². The standard InChI is InChI=1S/C17H22N4O2/c1-10(2)14-12(16(22)23)9-18-13(20-14)7-6-11-8-19-21-15(11)17(3,4)5/h6-10H,1-5H3,(H,19,21)(H,22,23)/b7-6+. The normalized spacial score (nSPS) is 12.3. The molecule has 2 rings (SSSR count). The van der Waals surface area contributed by atoms with E-state index in [4.69, 9.17) is 0 Å². The second-order valence-corrected chi connectivity index (χ2v) is 6.77. The Morgan fingerprint density at radius 3 is 2.52 bits per heavy atom. The Morgan fingerprint density at radius 1 is 1.26 bits per heavy atom. The Bertz CT molecular complexity index is 739. The number of aromatic carboxylic acids is 1. The molecule has 2 aromatic heterocycles. The first-order valence-electron chi connectivity index (χ1n) is 7.52. The zero-order chi connectivity index (χ0) is 17.2. The fourth-order valence-corrected chi connectivity index (χ4v) is 2.28. The Hall–Kier alpha value is -2.50. The first-order chi connectivity index (χ1) is 10.7. The number of H-pyrrole nitrogens is 1. The second kappa shape index (κ2) is 6.32. The number of hydrogen-bond acceptors (Lipinski definition) is 4. The molecule has 0 bridgehead atoms. The van der Waals surface area contributed by atoms with Crippen molar-refractivity contribution in [2.75, 3.05) is 0 Å². The van der Waals surface area contributed by atoms with Crippen LogP contribution in [0.4, 0.5) is 0 Å². The average Bonchev–Trinajstić information content (AvgIpc) is 2.93. The van der Waals surface area contributed by atoms with E-state index in [1.165, 1.54) is 6.20 Å². The summed E-state index contributed by atoms with van der Waals surface area (Å²) in [6.07, 6.45) is 6.79. The van der Waals surface area contributed by atoms with E-state index in [2.05, 4.69) is 40.9 Å². The van der Waals surface area contributed by atoms with Gasteiger partial charge in [0.1, 0.15) is 0 Å². The van der Waals surface area contributed by atoms with Crippen LogP contribution in [0, 0.1) is 0 Å². The van der Waals surface area contributed by atoms with Gasteiger partial charge in [0.15, 0.2) is 5.82 Å². The number of nitrogens with zero attached hydrogens (tertiary/aromatic N) is 3. The first-order valence-corrected chi connectivity index (χ1v) is 7.52. The molecule has 0 aromatic carbocycles. The van der Waals surface area contributed by atoms with E-state index in [1.807, 2.05) is 19.9 Å². The van der Waals surface area contributed by atoms with Gasteiger partial charge in [-0.15, -0.1) is 0 Å². The Morgan fingerprint density at radius 2 is 1.96 bits per heavy atom. The maximum atomic E-state index is 11.2. The number of carboxylic acid groups (broad SMARTS) is 1. The lowest BCUT2D eigenvalue weighted by molar-refractivity contribution is 0.0694. The second-order valence-electron chi connectivity index (χ2n) is 6.77. The average molecular weight is 314 g/mol. The molecule has 0 saturated heterocycles. The van der Waals surface area contributed by atoms with Crippen LogP contribution in [0.1, 0.15) is 73.7 Å². The zero-order valence-electron chi connectivity index (χ0n) is 14.1. The largest absolute Gasteiger partial charge is 0.478 e. The van der Waals surface area contributed by atoms with Crippen LogP contribution < -0.4 is 0 Å². The van der Waals surface area contributed by atoms with Gasteiger partial charge in [-0.05, 0) is 18.1 Å².